The molecule has 4 bridgehead atoms. The zero-order chi connectivity index (χ0) is 23.0. The second-order valence-electron chi connectivity index (χ2n) is 11.4. The Balaban J connectivity index is 1.27. The van der Waals surface area contributed by atoms with Crippen LogP contribution < -0.4 is 10.6 Å². The maximum atomic E-state index is 14.0. The minimum Gasteiger partial charge on any atom is -0.350 e. The molecule has 4 nitrogen and oxygen atoms in total. The van der Waals surface area contributed by atoms with Gasteiger partial charge in [0.25, 0.3) is 0 Å². The molecule has 5 aliphatic rings. The fraction of sp³-hybridized carbons (Fsp3) is 0.567. The van der Waals surface area contributed by atoms with Crippen molar-refractivity contribution in [2.75, 3.05) is 19.6 Å². The predicted octanol–water partition coefficient (Wildman–Crippen LogP) is 4.40. The lowest BCUT2D eigenvalue weighted by Crippen LogP contribution is -2.74. The number of carbonyl (C=O) groups excluding carboxylic acids is 1. The molecule has 5 unspecified atom stereocenters. The number of hydrogen-bond donors (Lipinski definition) is 2. The van der Waals surface area contributed by atoms with E-state index in [0.29, 0.717) is 30.3 Å². The van der Waals surface area contributed by atoms with Crippen molar-refractivity contribution in [2.45, 2.75) is 63.1 Å². The molecule has 0 aromatic heterocycles. The molecule has 34 heavy (non-hydrogen) atoms. The van der Waals surface area contributed by atoms with E-state index >= 15 is 0 Å². The van der Waals surface area contributed by atoms with Crippen LogP contribution in [0.3, 0.4) is 0 Å². The molecule has 2 aliphatic carbocycles. The molecule has 180 valence electrons. The van der Waals surface area contributed by atoms with E-state index in [9.17, 15) is 4.79 Å². The molecule has 1 amide bonds. The summed E-state index contributed by atoms with van der Waals surface area (Å²) in [7, 11) is 0. The number of carbonyl (C=O) groups is 1. The Labute approximate surface area is 204 Å². The van der Waals surface area contributed by atoms with Crippen molar-refractivity contribution in [3.05, 3.63) is 71.8 Å². The number of amides is 1. The number of nitrogens with one attached hydrogen (secondary N) is 2. The minimum absolute atomic E-state index is 0.213. The first kappa shape index (κ1) is 22.3. The number of likely N-dealkylation sites (tertiary alicyclic amines) is 1. The Morgan fingerprint density at radius 3 is 2.41 bits per heavy atom. The Morgan fingerprint density at radius 2 is 1.68 bits per heavy atom. The molecule has 2 aromatic rings. The van der Waals surface area contributed by atoms with Crippen LogP contribution >= 0.6 is 0 Å². The number of rotatable bonds is 7. The molecule has 7 rings (SSSR count). The molecular weight excluding hydrogens is 418 g/mol. The zero-order valence-corrected chi connectivity index (χ0v) is 20.3. The lowest BCUT2D eigenvalue weighted by Gasteiger charge is -2.56. The van der Waals surface area contributed by atoms with E-state index in [2.05, 4.69) is 58.0 Å². The summed E-state index contributed by atoms with van der Waals surface area (Å²) in [4.78, 5) is 16.8. The first-order chi connectivity index (χ1) is 16.7. The molecule has 0 spiro atoms. The van der Waals surface area contributed by atoms with Crippen LogP contribution in [0.1, 0.15) is 49.7 Å². The van der Waals surface area contributed by atoms with Crippen molar-refractivity contribution in [1.29, 1.82) is 0 Å². The highest BCUT2D eigenvalue weighted by molar-refractivity contribution is 5.87. The van der Waals surface area contributed by atoms with Crippen LogP contribution in [-0.2, 0) is 17.8 Å². The molecule has 3 saturated heterocycles. The van der Waals surface area contributed by atoms with Crippen molar-refractivity contribution in [3.8, 4) is 0 Å². The van der Waals surface area contributed by atoms with E-state index in [1.54, 1.807) is 0 Å². The smallest absolute Gasteiger partial charge is 0.240 e. The van der Waals surface area contributed by atoms with Gasteiger partial charge >= 0.3 is 0 Å². The second kappa shape index (κ2) is 9.47. The lowest BCUT2D eigenvalue weighted by atomic mass is 9.58. The summed E-state index contributed by atoms with van der Waals surface area (Å²) in [6.07, 6.45) is 8.95. The lowest BCUT2D eigenvalue weighted by molar-refractivity contribution is -0.138. The van der Waals surface area contributed by atoms with Gasteiger partial charge in [0.1, 0.15) is 5.54 Å². The predicted molar refractivity (Wildman–Crippen MR) is 136 cm³/mol. The van der Waals surface area contributed by atoms with E-state index in [1.807, 2.05) is 18.2 Å². The monoisotopic (exact) mass is 457 g/mol. The van der Waals surface area contributed by atoms with Gasteiger partial charge in [0.05, 0.1) is 0 Å². The summed E-state index contributed by atoms with van der Waals surface area (Å²) in [6, 6.07) is 21.7. The van der Waals surface area contributed by atoms with Crippen LogP contribution in [0.25, 0.3) is 0 Å². The molecule has 3 heterocycles. The Bertz CT molecular complexity index is 973. The standard InChI is InChI=1S/C30H39N3O/c34-29(31-18-23-12-6-2-7-13-23)30-17-25-21-33(20-24-14-8-3-9-15-24)28(26(25)19-32-30)27(30)16-22-10-4-1-5-11-22/h1-2,4-7,10-13,24-28,32H,3,8-9,14-21H2,(H,31,34). The molecule has 3 aliphatic heterocycles. The van der Waals surface area contributed by atoms with Crippen LogP contribution in [0.5, 0.6) is 0 Å². The number of piperidine rings is 2. The highest BCUT2D eigenvalue weighted by atomic mass is 16.2. The fourth-order valence-electron chi connectivity index (χ4n) is 7.86. The fourth-order valence-corrected chi connectivity index (χ4v) is 7.86. The van der Waals surface area contributed by atoms with Crippen LogP contribution in [0.2, 0.25) is 0 Å². The maximum absolute atomic E-state index is 14.0. The molecule has 5 atom stereocenters. The summed E-state index contributed by atoms with van der Waals surface area (Å²) in [5, 5.41) is 7.17. The normalized spacial score (nSPS) is 33.2. The number of nitrogens with zero attached hydrogens (tertiary/aromatic N) is 1. The van der Waals surface area contributed by atoms with Crippen molar-refractivity contribution in [3.63, 3.8) is 0 Å². The van der Waals surface area contributed by atoms with E-state index in [0.717, 1.165) is 25.3 Å². The molecule has 0 radical (unpaired) electrons. The molecule has 2 aromatic carbocycles. The van der Waals surface area contributed by atoms with Crippen LogP contribution in [0.4, 0.5) is 0 Å². The molecular formula is C30H39N3O. The van der Waals surface area contributed by atoms with Gasteiger partial charge in [-0.15, -0.1) is 0 Å². The van der Waals surface area contributed by atoms with Gasteiger partial charge in [-0.2, -0.15) is 0 Å². The van der Waals surface area contributed by atoms with E-state index < -0.39 is 5.54 Å². The Morgan fingerprint density at radius 1 is 0.971 bits per heavy atom. The number of hydrogen-bond acceptors (Lipinski definition) is 3. The van der Waals surface area contributed by atoms with Crippen molar-refractivity contribution >= 4 is 5.91 Å². The first-order valence-corrected chi connectivity index (χ1v) is 13.6. The summed E-state index contributed by atoms with van der Waals surface area (Å²) < 4.78 is 0. The molecule has 2 N–H and O–H groups in total. The third-order valence-electron chi connectivity index (χ3n) is 9.43. The zero-order valence-electron chi connectivity index (χ0n) is 20.3. The molecule has 4 heteroatoms. The highest BCUT2D eigenvalue weighted by Crippen LogP contribution is 2.53. The average Bonchev–Trinajstić information content (AvgIpc) is 3.19. The third kappa shape index (κ3) is 4.09. The van der Waals surface area contributed by atoms with Gasteiger partial charge in [-0.1, -0.05) is 79.9 Å². The summed E-state index contributed by atoms with van der Waals surface area (Å²) in [5.74, 6) is 2.70. The van der Waals surface area contributed by atoms with E-state index in [4.69, 9.17) is 0 Å². The summed E-state index contributed by atoms with van der Waals surface area (Å²) >= 11 is 0. The van der Waals surface area contributed by atoms with Crippen molar-refractivity contribution < 1.29 is 4.79 Å². The summed E-state index contributed by atoms with van der Waals surface area (Å²) in [6.45, 7) is 4.02. The SMILES string of the molecule is O=C(NCc1ccccc1)C12CC3CN(CC4CCCCC4)C(C3CN1)C2Cc1ccccc1. The first-order valence-electron chi connectivity index (χ1n) is 13.6. The van der Waals surface area contributed by atoms with Gasteiger partial charge in [-0.05, 0) is 54.6 Å². The van der Waals surface area contributed by atoms with Crippen LogP contribution in [-0.4, -0.2) is 42.0 Å². The topological polar surface area (TPSA) is 44.4 Å². The largest absolute Gasteiger partial charge is 0.350 e. The van der Waals surface area contributed by atoms with Crippen molar-refractivity contribution in [1.82, 2.24) is 15.5 Å². The second-order valence-corrected chi connectivity index (χ2v) is 11.4. The van der Waals surface area contributed by atoms with Crippen LogP contribution in [0, 0.1) is 23.7 Å². The number of fused-ring (bicyclic) bond motifs is 1. The van der Waals surface area contributed by atoms with Crippen LogP contribution in [0.15, 0.2) is 60.7 Å². The summed E-state index contributed by atoms with van der Waals surface area (Å²) in [5.41, 5.74) is 2.06. The van der Waals surface area contributed by atoms with Gasteiger partial charge in [0.2, 0.25) is 5.91 Å². The minimum atomic E-state index is -0.462. The van der Waals surface area contributed by atoms with Gasteiger partial charge in [0, 0.05) is 38.1 Å². The average molecular weight is 458 g/mol. The highest BCUT2D eigenvalue weighted by Gasteiger charge is 2.64. The third-order valence-corrected chi connectivity index (χ3v) is 9.43. The van der Waals surface area contributed by atoms with Gasteiger partial charge in [-0.3, -0.25) is 9.69 Å². The molecule has 5 fully saturated rings. The molecule has 2 saturated carbocycles. The quantitative estimate of drug-likeness (QED) is 0.648. The number of benzene rings is 2. The Hall–Kier alpha value is -2.17. The maximum Gasteiger partial charge on any atom is 0.240 e. The van der Waals surface area contributed by atoms with Gasteiger partial charge in [-0.25, -0.2) is 0 Å². The Kier molecular flexibility index (Phi) is 6.21. The van der Waals surface area contributed by atoms with E-state index in [-0.39, 0.29) is 5.91 Å². The van der Waals surface area contributed by atoms with Crippen molar-refractivity contribution in [2.24, 2.45) is 23.7 Å². The van der Waals surface area contributed by atoms with E-state index in [1.165, 1.54) is 56.3 Å². The van der Waals surface area contributed by atoms with Gasteiger partial charge < -0.3 is 10.6 Å². The van der Waals surface area contributed by atoms with Gasteiger partial charge in [0.15, 0.2) is 0 Å².